The van der Waals surface area contributed by atoms with Crippen LogP contribution in [0.3, 0.4) is 0 Å². The van der Waals surface area contributed by atoms with E-state index in [1.807, 2.05) is 37.4 Å². The second-order valence-electron chi connectivity index (χ2n) is 10.6. The van der Waals surface area contributed by atoms with Crippen molar-refractivity contribution in [2.75, 3.05) is 44.2 Å². The van der Waals surface area contributed by atoms with Crippen LogP contribution in [0, 0.1) is 0 Å². The summed E-state index contributed by atoms with van der Waals surface area (Å²) in [6, 6.07) is 14.2. The van der Waals surface area contributed by atoms with Crippen LogP contribution in [-0.2, 0) is 7.05 Å². The monoisotopic (exact) mass is 483 g/mol. The molecule has 0 atom stereocenters. The molecular formula is C28H33N7O. The largest absolute Gasteiger partial charge is 0.494 e. The maximum Gasteiger partial charge on any atom is 0.227 e. The number of benzene rings is 2. The van der Waals surface area contributed by atoms with Crippen molar-refractivity contribution >= 4 is 33.9 Å². The van der Waals surface area contributed by atoms with Gasteiger partial charge in [0.05, 0.1) is 29.9 Å². The van der Waals surface area contributed by atoms with E-state index in [-0.39, 0.29) is 5.54 Å². The Morgan fingerprint density at radius 1 is 1.06 bits per heavy atom. The van der Waals surface area contributed by atoms with Gasteiger partial charge in [-0.2, -0.15) is 0 Å². The van der Waals surface area contributed by atoms with Gasteiger partial charge in [0.2, 0.25) is 5.95 Å². The second kappa shape index (κ2) is 7.86. The molecule has 0 amide bonds. The number of rotatable bonds is 7. The molecule has 3 fully saturated rings. The third-order valence-corrected chi connectivity index (χ3v) is 8.42. The quantitative estimate of drug-likeness (QED) is 0.370. The third kappa shape index (κ3) is 3.24. The smallest absolute Gasteiger partial charge is 0.227 e. The molecule has 7 rings (SSSR count). The van der Waals surface area contributed by atoms with Gasteiger partial charge in [-0.15, -0.1) is 0 Å². The Morgan fingerprint density at radius 3 is 2.53 bits per heavy atom. The molecule has 2 aromatic carbocycles. The van der Waals surface area contributed by atoms with Crippen LogP contribution in [0.1, 0.15) is 19.3 Å². The summed E-state index contributed by atoms with van der Waals surface area (Å²) in [5.74, 6) is 1.20. The van der Waals surface area contributed by atoms with E-state index in [0.29, 0.717) is 22.9 Å². The van der Waals surface area contributed by atoms with Crippen LogP contribution in [0.5, 0.6) is 5.75 Å². The molecule has 2 bridgehead atoms. The molecule has 0 aliphatic heterocycles. The number of ether oxygens (including phenoxy) is 1. The van der Waals surface area contributed by atoms with E-state index >= 15 is 0 Å². The molecule has 3 saturated carbocycles. The summed E-state index contributed by atoms with van der Waals surface area (Å²) in [4.78, 5) is 14.0. The number of nitrogens with two attached hydrogens (primary N) is 1. The molecule has 2 heterocycles. The first-order valence-corrected chi connectivity index (χ1v) is 12.3. The first kappa shape index (κ1) is 22.7. The minimum absolute atomic E-state index is 0.189. The lowest BCUT2D eigenvalue weighted by atomic mass is 9.43. The third-order valence-electron chi connectivity index (χ3n) is 8.42. The van der Waals surface area contributed by atoms with Crippen molar-refractivity contribution in [2.24, 2.45) is 7.05 Å². The second-order valence-corrected chi connectivity index (χ2v) is 10.6. The molecule has 0 spiro atoms. The lowest BCUT2D eigenvalue weighted by Crippen LogP contribution is -2.82. The van der Waals surface area contributed by atoms with Gasteiger partial charge in [-0.3, -0.25) is 0 Å². The number of nitrogen functional groups attached to an aromatic ring is 1. The van der Waals surface area contributed by atoms with Crippen molar-refractivity contribution in [3.8, 4) is 17.0 Å². The Morgan fingerprint density at radius 2 is 1.81 bits per heavy atom. The highest BCUT2D eigenvalue weighted by atomic mass is 16.5. The first-order chi connectivity index (χ1) is 17.2. The fourth-order valence-corrected chi connectivity index (χ4v) is 6.15. The summed E-state index contributed by atoms with van der Waals surface area (Å²) in [6.07, 6.45) is 7.37. The lowest BCUT2D eigenvalue weighted by molar-refractivity contribution is -0.144. The Hall–Kier alpha value is -3.78. The highest BCUT2D eigenvalue weighted by molar-refractivity contribution is 5.95. The molecule has 2 aromatic heterocycles. The molecule has 3 aliphatic carbocycles. The molecule has 8 nitrogen and oxygen atoms in total. The molecule has 4 aromatic rings. The van der Waals surface area contributed by atoms with Crippen molar-refractivity contribution in [3.05, 3.63) is 54.9 Å². The van der Waals surface area contributed by atoms with Gasteiger partial charge >= 0.3 is 0 Å². The van der Waals surface area contributed by atoms with Crippen molar-refractivity contribution in [1.82, 2.24) is 19.4 Å². The number of nitrogens with zero attached hydrogens (tertiary/aromatic N) is 5. The number of hydrogen-bond donors (Lipinski definition) is 2. The number of methoxy groups -OCH3 is 1. The summed E-state index contributed by atoms with van der Waals surface area (Å²) in [7, 11) is 10.2. The summed E-state index contributed by atoms with van der Waals surface area (Å²) in [5.41, 5.74) is 12.7. The van der Waals surface area contributed by atoms with Crippen LogP contribution >= 0.6 is 0 Å². The number of hydrogen-bond acceptors (Lipinski definition) is 7. The van der Waals surface area contributed by atoms with Crippen molar-refractivity contribution in [2.45, 2.75) is 30.3 Å². The maximum atomic E-state index is 6.58. The van der Waals surface area contributed by atoms with Crippen LogP contribution < -0.4 is 20.7 Å². The van der Waals surface area contributed by atoms with E-state index in [2.05, 4.69) is 64.1 Å². The van der Waals surface area contributed by atoms with E-state index in [1.54, 1.807) is 13.3 Å². The van der Waals surface area contributed by atoms with Gasteiger partial charge in [0.1, 0.15) is 5.75 Å². The molecule has 186 valence electrons. The van der Waals surface area contributed by atoms with Crippen molar-refractivity contribution < 1.29 is 4.74 Å². The van der Waals surface area contributed by atoms with Gasteiger partial charge in [0, 0.05) is 60.1 Å². The fourth-order valence-electron chi connectivity index (χ4n) is 6.15. The van der Waals surface area contributed by atoms with E-state index in [4.69, 9.17) is 15.5 Å². The van der Waals surface area contributed by atoms with Gasteiger partial charge in [-0.1, -0.05) is 18.2 Å². The Bertz CT molecular complexity index is 1450. The van der Waals surface area contributed by atoms with Crippen LogP contribution in [0.4, 0.5) is 23.0 Å². The Kier molecular flexibility index (Phi) is 4.95. The maximum absolute atomic E-state index is 6.58. The number of anilines is 4. The molecular weight excluding hydrogens is 450 g/mol. The highest BCUT2D eigenvalue weighted by Crippen LogP contribution is 2.66. The zero-order valence-electron chi connectivity index (χ0n) is 21.5. The number of nitrogens with one attached hydrogen (secondary N) is 1. The number of aromatic nitrogens is 3. The molecule has 36 heavy (non-hydrogen) atoms. The van der Waals surface area contributed by atoms with Crippen LogP contribution in [0.25, 0.3) is 22.2 Å². The zero-order chi connectivity index (χ0) is 25.2. The van der Waals surface area contributed by atoms with E-state index in [9.17, 15) is 0 Å². The molecule has 3 N–H and O–H groups in total. The van der Waals surface area contributed by atoms with E-state index < -0.39 is 0 Å². The minimum atomic E-state index is 0.189. The van der Waals surface area contributed by atoms with E-state index in [0.717, 1.165) is 33.5 Å². The Balaban J connectivity index is 1.28. The summed E-state index contributed by atoms with van der Waals surface area (Å²) < 4.78 is 7.88. The lowest BCUT2D eigenvalue weighted by Gasteiger charge is -2.75. The predicted molar refractivity (Wildman–Crippen MR) is 146 cm³/mol. The van der Waals surface area contributed by atoms with Crippen LogP contribution in [0.2, 0.25) is 0 Å². The zero-order valence-corrected chi connectivity index (χ0v) is 21.5. The van der Waals surface area contributed by atoms with Gasteiger partial charge in [0.15, 0.2) is 0 Å². The normalized spacial score (nSPS) is 22.3. The summed E-state index contributed by atoms with van der Waals surface area (Å²) >= 11 is 0. The van der Waals surface area contributed by atoms with Gasteiger partial charge in [-0.25, -0.2) is 9.97 Å². The van der Waals surface area contributed by atoms with E-state index in [1.165, 1.54) is 19.3 Å². The fraction of sp³-hybridized carbons (Fsp3) is 0.357. The highest BCUT2D eigenvalue weighted by Gasteiger charge is 2.70. The molecule has 3 aliphatic rings. The average Bonchev–Trinajstić information content (AvgIpc) is 3.14. The summed E-state index contributed by atoms with van der Waals surface area (Å²) in [5, 5.41) is 4.49. The van der Waals surface area contributed by atoms with Crippen molar-refractivity contribution in [3.63, 3.8) is 0 Å². The Labute approximate surface area is 211 Å². The number of para-hydroxylation sites is 1. The molecule has 0 radical (unpaired) electrons. The SMILES string of the molecule is COc1cc(N(C)C23CC(N(C)C)(C2)C3)c(N)cc1Nc1nccc(-c2cn(C)c3ccccc23)n1. The van der Waals surface area contributed by atoms with Crippen molar-refractivity contribution in [1.29, 1.82) is 0 Å². The van der Waals surface area contributed by atoms with Gasteiger partial charge in [0.25, 0.3) is 0 Å². The van der Waals surface area contributed by atoms with Crippen LogP contribution in [0.15, 0.2) is 54.9 Å². The van der Waals surface area contributed by atoms with Gasteiger partial charge in [-0.05, 0) is 51.6 Å². The molecule has 0 saturated heterocycles. The first-order valence-electron chi connectivity index (χ1n) is 12.3. The number of fused-ring (bicyclic) bond motifs is 1. The molecule has 8 heteroatoms. The number of aryl methyl sites for hydroxylation is 1. The minimum Gasteiger partial charge on any atom is -0.494 e. The predicted octanol–water partition coefficient (Wildman–Crippen LogP) is 4.64. The standard InChI is InChI=1S/C28H33N7O/c1-33(2)27-15-28(16-27,17-27)35(4)24-13-25(36-5)22(12-20(24)29)32-26-30-11-10-21(31-26)19-14-34(3)23-9-7-6-8-18(19)23/h6-14H,15-17,29H2,1-5H3,(H,30,31,32). The van der Waals surface area contributed by atoms with Gasteiger partial charge < -0.3 is 30.2 Å². The topological polar surface area (TPSA) is 84.5 Å². The van der Waals surface area contributed by atoms with Crippen LogP contribution in [-0.4, -0.2) is 58.8 Å². The average molecular weight is 484 g/mol. The summed E-state index contributed by atoms with van der Waals surface area (Å²) in [6.45, 7) is 0. The molecule has 0 unspecified atom stereocenters.